The number of carbonyl (C=O) groups excluding carboxylic acids is 2. The van der Waals surface area contributed by atoms with Crippen molar-refractivity contribution in [1.29, 1.82) is 0 Å². The van der Waals surface area contributed by atoms with Gasteiger partial charge in [-0.15, -0.1) is 13.2 Å². The number of rotatable bonds is 29. The molecule has 2 aliphatic carbocycles. The highest BCUT2D eigenvalue weighted by molar-refractivity contribution is 6.01. The van der Waals surface area contributed by atoms with Gasteiger partial charge in [0.05, 0.1) is 31.3 Å². The van der Waals surface area contributed by atoms with Crippen molar-refractivity contribution in [1.82, 2.24) is 0 Å². The second-order valence-electron chi connectivity index (χ2n) is 17.8. The third-order valence-corrected chi connectivity index (χ3v) is 12.7. The van der Waals surface area contributed by atoms with E-state index in [1.807, 2.05) is 60.7 Å². The SMILES string of the molecule is C=CCCCCCOC1CCC(COc2ccc(/C=C/C(=O)C(O)C(c3ccc(N)cc3N)C(O)C(=O)/C=C/c3ccc(OCC4CCC(OCCCCCC=C)CC4)cc3)cc2)CC1. The van der Waals surface area contributed by atoms with Crippen molar-refractivity contribution in [3.63, 3.8) is 0 Å². The van der Waals surface area contributed by atoms with Crippen LogP contribution in [0.1, 0.15) is 125 Å². The van der Waals surface area contributed by atoms with Crippen LogP contribution in [0.3, 0.4) is 0 Å². The van der Waals surface area contributed by atoms with Crippen LogP contribution in [0, 0.1) is 11.8 Å². The molecule has 0 spiro atoms. The van der Waals surface area contributed by atoms with Gasteiger partial charge in [0.25, 0.3) is 0 Å². The number of aliphatic hydroxyl groups excluding tert-OH is 2. The maximum absolute atomic E-state index is 13.5. The fraction of sp³-hybridized carbons (Fsp3) is 0.491. The van der Waals surface area contributed by atoms with E-state index in [1.165, 1.54) is 50.0 Å². The molecule has 10 nitrogen and oxygen atoms in total. The van der Waals surface area contributed by atoms with Gasteiger partial charge in [-0.3, -0.25) is 9.59 Å². The van der Waals surface area contributed by atoms with E-state index in [0.29, 0.717) is 54.1 Å². The van der Waals surface area contributed by atoms with Gasteiger partial charge in [-0.1, -0.05) is 67.5 Å². The zero-order valence-electron chi connectivity index (χ0n) is 38.4. The predicted octanol–water partition coefficient (Wildman–Crippen LogP) is 10.6. The molecular weight excluding hydrogens is 817 g/mol. The highest BCUT2D eigenvalue weighted by Crippen LogP contribution is 2.33. The van der Waals surface area contributed by atoms with Gasteiger partial charge >= 0.3 is 0 Å². The third kappa shape index (κ3) is 17.7. The molecule has 2 atom stereocenters. The van der Waals surface area contributed by atoms with Gasteiger partial charge < -0.3 is 40.6 Å². The van der Waals surface area contributed by atoms with Crippen LogP contribution in [0.25, 0.3) is 12.2 Å². The first kappa shape index (κ1) is 51.0. The quantitative estimate of drug-likeness (QED) is 0.0228. The Kier molecular flexibility index (Phi) is 22.1. The molecule has 65 heavy (non-hydrogen) atoms. The van der Waals surface area contributed by atoms with Crippen LogP contribution in [0.2, 0.25) is 0 Å². The van der Waals surface area contributed by atoms with Crippen molar-refractivity contribution in [2.24, 2.45) is 11.8 Å². The summed E-state index contributed by atoms with van der Waals surface area (Å²) in [7, 11) is 0. The minimum atomic E-state index is -1.79. The molecule has 0 radical (unpaired) electrons. The molecule has 3 aromatic rings. The second kappa shape index (κ2) is 28.1. The third-order valence-electron chi connectivity index (χ3n) is 12.7. The van der Waals surface area contributed by atoms with E-state index in [1.54, 1.807) is 18.2 Å². The number of unbranched alkanes of at least 4 members (excludes halogenated alkanes) is 6. The molecule has 3 aromatic carbocycles. The molecule has 2 fully saturated rings. The fourth-order valence-electron chi connectivity index (χ4n) is 8.66. The number of aliphatic hydroxyl groups is 2. The Morgan fingerprint density at radius 1 is 0.600 bits per heavy atom. The number of nitrogen functional groups attached to an aromatic ring is 2. The summed E-state index contributed by atoms with van der Waals surface area (Å²) in [5.41, 5.74) is 14.4. The number of hydrogen-bond acceptors (Lipinski definition) is 10. The molecule has 6 N–H and O–H groups in total. The number of anilines is 2. The minimum Gasteiger partial charge on any atom is -0.493 e. The van der Waals surface area contributed by atoms with Gasteiger partial charge in [-0.25, -0.2) is 0 Å². The summed E-state index contributed by atoms with van der Waals surface area (Å²) in [5, 5.41) is 22.8. The summed E-state index contributed by atoms with van der Waals surface area (Å²) < 4.78 is 24.4. The van der Waals surface area contributed by atoms with E-state index in [-0.39, 0.29) is 11.3 Å². The van der Waals surface area contributed by atoms with E-state index < -0.39 is 29.7 Å². The molecule has 0 bridgehead atoms. The van der Waals surface area contributed by atoms with Crippen molar-refractivity contribution in [3.8, 4) is 11.5 Å². The van der Waals surface area contributed by atoms with E-state index >= 15 is 0 Å². The van der Waals surface area contributed by atoms with Crippen LogP contribution in [0.4, 0.5) is 11.4 Å². The minimum absolute atomic E-state index is 0.145. The van der Waals surface area contributed by atoms with Gasteiger partial charge in [0.1, 0.15) is 23.7 Å². The lowest BCUT2D eigenvalue weighted by Gasteiger charge is -2.28. The fourth-order valence-corrected chi connectivity index (χ4v) is 8.66. The Bertz CT molecular complexity index is 1830. The molecule has 10 heteroatoms. The zero-order chi connectivity index (χ0) is 46.2. The van der Waals surface area contributed by atoms with E-state index in [4.69, 9.17) is 30.4 Å². The van der Waals surface area contributed by atoms with E-state index in [0.717, 1.165) is 102 Å². The average molecular weight is 891 g/mol. The zero-order valence-corrected chi connectivity index (χ0v) is 38.4. The standard InChI is InChI=1S/C55H74N2O8/c1-3-5-7-9-11-35-62-45-28-17-42(18-29-45)38-64-47-24-13-40(14-25-47)21-33-51(58)54(60)53(49-32-23-44(56)37-50(49)57)55(61)52(59)34-22-41-15-26-48(27-16-41)65-39-43-19-30-46(31-20-43)63-36-12-10-8-6-4-2/h3-4,13-16,21-27,32-34,37,42-43,45-46,53-55,60-61H,1-2,5-12,17-20,28-31,35-36,38-39,56-57H2/b33-21+,34-22+. The van der Waals surface area contributed by atoms with Crippen LogP contribution < -0.4 is 20.9 Å². The van der Waals surface area contributed by atoms with Gasteiger partial charge in [-0.2, -0.15) is 0 Å². The summed E-state index contributed by atoms with van der Waals surface area (Å²) >= 11 is 0. The Morgan fingerprint density at radius 3 is 1.43 bits per heavy atom. The molecule has 2 saturated carbocycles. The molecule has 2 unspecified atom stereocenters. The number of ketones is 2. The smallest absolute Gasteiger partial charge is 0.184 e. The number of allylic oxidation sites excluding steroid dienone is 2. The molecule has 0 amide bonds. The maximum atomic E-state index is 13.5. The number of hydrogen-bond donors (Lipinski definition) is 4. The molecule has 0 aliphatic heterocycles. The van der Waals surface area contributed by atoms with Gasteiger partial charge in [-0.05, 0) is 167 Å². The second-order valence-corrected chi connectivity index (χ2v) is 17.8. The number of benzene rings is 3. The van der Waals surface area contributed by atoms with Crippen LogP contribution in [0.5, 0.6) is 11.5 Å². The molecule has 5 rings (SSSR count). The van der Waals surface area contributed by atoms with E-state index in [2.05, 4.69) is 13.2 Å². The Balaban J connectivity index is 1.08. The Labute approximate surface area is 387 Å². The summed E-state index contributed by atoms with van der Waals surface area (Å²) in [6.45, 7) is 10.5. The highest BCUT2D eigenvalue weighted by atomic mass is 16.5. The normalized spacial score (nSPS) is 20.3. The molecule has 0 aromatic heterocycles. The summed E-state index contributed by atoms with van der Waals surface area (Å²) in [6, 6.07) is 19.3. The predicted molar refractivity (Wildman–Crippen MR) is 263 cm³/mol. The summed E-state index contributed by atoms with van der Waals surface area (Å²) in [6.07, 6.45) is 24.3. The molecule has 0 saturated heterocycles. The monoisotopic (exact) mass is 891 g/mol. The molecule has 2 aliphatic rings. The van der Waals surface area contributed by atoms with Gasteiger partial charge in [0.15, 0.2) is 11.6 Å². The van der Waals surface area contributed by atoms with Gasteiger partial charge in [0, 0.05) is 24.6 Å². The number of ether oxygens (including phenoxy) is 4. The van der Waals surface area contributed by atoms with Crippen LogP contribution in [-0.4, -0.2) is 72.6 Å². The Hall–Kier alpha value is -5.00. The molecule has 0 heterocycles. The van der Waals surface area contributed by atoms with Crippen molar-refractivity contribution in [2.45, 2.75) is 133 Å². The van der Waals surface area contributed by atoms with Crippen LogP contribution in [-0.2, 0) is 19.1 Å². The largest absolute Gasteiger partial charge is 0.493 e. The number of nitrogens with two attached hydrogens (primary N) is 2. The van der Waals surface area contributed by atoms with E-state index in [9.17, 15) is 19.8 Å². The first-order chi connectivity index (χ1) is 31.6. The van der Waals surface area contributed by atoms with Crippen molar-refractivity contribution >= 4 is 35.1 Å². The van der Waals surface area contributed by atoms with Crippen molar-refractivity contribution < 1.29 is 38.7 Å². The van der Waals surface area contributed by atoms with Crippen molar-refractivity contribution in [2.75, 3.05) is 37.9 Å². The average Bonchev–Trinajstić information content (AvgIpc) is 3.32. The summed E-state index contributed by atoms with van der Waals surface area (Å²) in [5.74, 6) is -0.324. The van der Waals surface area contributed by atoms with Crippen molar-refractivity contribution in [3.05, 3.63) is 121 Å². The topological polar surface area (TPSA) is 164 Å². The lowest BCUT2D eigenvalue weighted by atomic mass is 9.83. The van der Waals surface area contributed by atoms with Gasteiger partial charge in [0.2, 0.25) is 0 Å². The molecule has 352 valence electrons. The lowest BCUT2D eigenvalue weighted by Crippen LogP contribution is -2.39. The first-order valence-electron chi connectivity index (χ1n) is 24.0. The Morgan fingerprint density at radius 2 is 1.03 bits per heavy atom. The summed E-state index contributed by atoms with van der Waals surface area (Å²) in [4.78, 5) is 26.9. The molecular formula is C55H74N2O8. The van der Waals surface area contributed by atoms with Crippen LogP contribution in [0.15, 0.2) is 104 Å². The highest BCUT2D eigenvalue weighted by Gasteiger charge is 2.37. The number of carbonyl (C=O) groups is 2. The maximum Gasteiger partial charge on any atom is 0.184 e. The first-order valence-corrected chi connectivity index (χ1v) is 24.0. The lowest BCUT2D eigenvalue weighted by molar-refractivity contribution is -0.130. The van der Waals surface area contributed by atoms with Crippen LogP contribution >= 0.6 is 0 Å².